The minimum absolute atomic E-state index is 0.379. The highest BCUT2D eigenvalue weighted by Gasteiger charge is 2.31. The lowest BCUT2D eigenvalue weighted by Gasteiger charge is -2.30. The van der Waals surface area contributed by atoms with Crippen molar-refractivity contribution in [3.05, 3.63) is 23.3 Å². The van der Waals surface area contributed by atoms with Crippen LogP contribution in [0.15, 0.2) is 17.0 Å². The van der Waals surface area contributed by atoms with E-state index in [9.17, 15) is 13.5 Å². The van der Waals surface area contributed by atoms with E-state index >= 15 is 0 Å². The van der Waals surface area contributed by atoms with Gasteiger partial charge in [0, 0.05) is 25.8 Å². The molecule has 0 unspecified atom stereocenters. The summed E-state index contributed by atoms with van der Waals surface area (Å²) in [4.78, 5) is 0.396. The largest absolute Gasteiger partial charge is 0.393 e. The summed E-state index contributed by atoms with van der Waals surface area (Å²) in [5.74, 6) is 0. The number of nitrogens with zero attached hydrogens (tertiary/aromatic N) is 1. The molecule has 1 aliphatic rings. The van der Waals surface area contributed by atoms with Gasteiger partial charge < -0.3 is 10.4 Å². The normalized spacial score (nSPS) is 18.2. The first-order valence-electron chi connectivity index (χ1n) is 6.83. The molecule has 1 saturated heterocycles. The second-order valence-corrected chi connectivity index (χ2v) is 7.20. The predicted octanol–water partition coefficient (Wildman–Crippen LogP) is 1.49. The fraction of sp³-hybridized carbons (Fsp3) is 0.571. The Hall–Kier alpha value is -1.11. The molecule has 20 heavy (non-hydrogen) atoms. The molecule has 0 atom stereocenters. The van der Waals surface area contributed by atoms with E-state index in [-0.39, 0.29) is 6.10 Å². The number of rotatable bonds is 3. The fourth-order valence-electron chi connectivity index (χ4n) is 2.71. The number of nitrogens with one attached hydrogen (secondary N) is 1. The topological polar surface area (TPSA) is 69.6 Å². The second-order valence-electron chi connectivity index (χ2n) is 5.32. The Morgan fingerprint density at radius 3 is 2.15 bits per heavy atom. The molecule has 1 heterocycles. The summed E-state index contributed by atoms with van der Waals surface area (Å²) in [5.41, 5.74) is 2.41. The summed E-state index contributed by atoms with van der Waals surface area (Å²) in [7, 11) is -1.66. The maximum absolute atomic E-state index is 12.8. The Balaban J connectivity index is 2.39. The molecule has 0 spiro atoms. The van der Waals surface area contributed by atoms with Crippen molar-refractivity contribution in [1.82, 2.24) is 4.31 Å². The lowest BCUT2D eigenvalue weighted by molar-refractivity contribution is 0.113. The van der Waals surface area contributed by atoms with E-state index in [1.807, 2.05) is 33.0 Å². The summed E-state index contributed by atoms with van der Waals surface area (Å²) in [6, 6.07) is 3.69. The first-order valence-corrected chi connectivity index (χ1v) is 8.27. The van der Waals surface area contributed by atoms with Gasteiger partial charge in [-0.3, -0.25) is 0 Å². The summed E-state index contributed by atoms with van der Waals surface area (Å²) in [5, 5.41) is 12.5. The van der Waals surface area contributed by atoms with Crippen molar-refractivity contribution in [1.29, 1.82) is 0 Å². The first kappa shape index (κ1) is 15.3. The van der Waals surface area contributed by atoms with Crippen LogP contribution in [0.4, 0.5) is 5.69 Å². The van der Waals surface area contributed by atoms with Crippen LogP contribution in [0.2, 0.25) is 0 Å². The van der Waals surface area contributed by atoms with Gasteiger partial charge in [0.05, 0.1) is 11.0 Å². The quantitative estimate of drug-likeness (QED) is 0.887. The van der Waals surface area contributed by atoms with Gasteiger partial charge in [-0.15, -0.1) is 0 Å². The van der Waals surface area contributed by atoms with Gasteiger partial charge in [0.2, 0.25) is 10.0 Å². The Morgan fingerprint density at radius 2 is 1.70 bits per heavy atom. The minimum Gasteiger partial charge on any atom is -0.393 e. The van der Waals surface area contributed by atoms with E-state index in [1.54, 1.807) is 0 Å². The van der Waals surface area contributed by atoms with Crippen molar-refractivity contribution in [2.75, 3.05) is 25.5 Å². The van der Waals surface area contributed by atoms with Gasteiger partial charge in [-0.25, -0.2) is 8.42 Å². The fourth-order valence-corrected chi connectivity index (χ4v) is 4.59. The maximum Gasteiger partial charge on any atom is 0.243 e. The number of hydrogen-bond donors (Lipinski definition) is 2. The highest BCUT2D eigenvalue weighted by Crippen LogP contribution is 2.28. The number of hydrogen-bond acceptors (Lipinski definition) is 4. The van der Waals surface area contributed by atoms with Crippen LogP contribution in [-0.4, -0.2) is 44.1 Å². The van der Waals surface area contributed by atoms with Crippen LogP contribution in [-0.2, 0) is 10.0 Å². The molecule has 1 aromatic carbocycles. The van der Waals surface area contributed by atoms with Gasteiger partial charge in [0.1, 0.15) is 0 Å². The number of sulfonamides is 1. The monoisotopic (exact) mass is 298 g/mol. The number of anilines is 1. The van der Waals surface area contributed by atoms with Crippen LogP contribution in [0.1, 0.15) is 24.0 Å². The van der Waals surface area contributed by atoms with Crippen LogP contribution >= 0.6 is 0 Å². The lowest BCUT2D eigenvalue weighted by Crippen LogP contribution is -2.40. The van der Waals surface area contributed by atoms with Gasteiger partial charge in [0.25, 0.3) is 0 Å². The molecule has 0 amide bonds. The number of benzene rings is 1. The van der Waals surface area contributed by atoms with Crippen molar-refractivity contribution in [2.45, 2.75) is 37.7 Å². The van der Waals surface area contributed by atoms with Gasteiger partial charge in [-0.05, 0) is 49.9 Å². The standard InChI is InChI=1S/C14H22N2O3S/c1-10-8-12(15-3)9-11(2)14(10)20(18,19)16-6-4-13(17)5-7-16/h8-9,13,15,17H,4-7H2,1-3H3. The van der Waals surface area contributed by atoms with Crippen LogP contribution in [0.3, 0.4) is 0 Å². The van der Waals surface area contributed by atoms with E-state index in [2.05, 4.69) is 5.32 Å². The molecule has 2 N–H and O–H groups in total. The zero-order valence-electron chi connectivity index (χ0n) is 12.2. The molecule has 1 aromatic rings. The van der Waals surface area contributed by atoms with Gasteiger partial charge in [-0.1, -0.05) is 0 Å². The van der Waals surface area contributed by atoms with Crippen molar-refractivity contribution in [3.63, 3.8) is 0 Å². The Morgan fingerprint density at radius 1 is 1.20 bits per heavy atom. The average molecular weight is 298 g/mol. The van der Waals surface area contributed by atoms with Crippen molar-refractivity contribution in [3.8, 4) is 0 Å². The van der Waals surface area contributed by atoms with Crippen LogP contribution in [0.25, 0.3) is 0 Å². The molecule has 0 aliphatic carbocycles. The summed E-state index contributed by atoms with van der Waals surface area (Å²) in [6.45, 7) is 4.41. The molecule has 112 valence electrons. The van der Waals surface area contributed by atoms with Crippen molar-refractivity contribution in [2.24, 2.45) is 0 Å². The molecular formula is C14H22N2O3S. The molecule has 5 nitrogen and oxygen atoms in total. The molecule has 1 aliphatic heterocycles. The zero-order chi connectivity index (χ0) is 14.9. The number of aliphatic hydroxyl groups is 1. The van der Waals surface area contributed by atoms with Gasteiger partial charge >= 0.3 is 0 Å². The third-order valence-electron chi connectivity index (χ3n) is 3.77. The molecule has 6 heteroatoms. The SMILES string of the molecule is CNc1cc(C)c(S(=O)(=O)N2CCC(O)CC2)c(C)c1. The summed E-state index contributed by atoms with van der Waals surface area (Å²) in [6.07, 6.45) is 0.632. The number of aryl methyl sites for hydroxylation is 2. The van der Waals surface area contributed by atoms with Crippen LogP contribution in [0.5, 0.6) is 0 Å². The summed E-state index contributed by atoms with van der Waals surface area (Å²) < 4.78 is 27.0. The Bertz CT molecular complexity index is 567. The van der Waals surface area contributed by atoms with Gasteiger partial charge in [-0.2, -0.15) is 4.31 Å². The van der Waals surface area contributed by atoms with Crippen molar-refractivity contribution >= 4 is 15.7 Å². The van der Waals surface area contributed by atoms with E-state index in [0.29, 0.717) is 30.8 Å². The summed E-state index contributed by atoms with van der Waals surface area (Å²) >= 11 is 0. The molecule has 0 aromatic heterocycles. The third kappa shape index (κ3) is 2.82. The lowest BCUT2D eigenvalue weighted by atomic mass is 10.1. The number of piperidine rings is 1. The highest BCUT2D eigenvalue weighted by atomic mass is 32.2. The van der Waals surface area contributed by atoms with E-state index in [4.69, 9.17) is 0 Å². The smallest absolute Gasteiger partial charge is 0.243 e. The van der Waals surface area contributed by atoms with Gasteiger partial charge in [0.15, 0.2) is 0 Å². The van der Waals surface area contributed by atoms with Crippen LogP contribution < -0.4 is 5.32 Å². The molecular weight excluding hydrogens is 276 g/mol. The van der Waals surface area contributed by atoms with Crippen molar-refractivity contribution < 1.29 is 13.5 Å². The molecule has 0 bridgehead atoms. The molecule has 0 radical (unpaired) electrons. The molecule has 2 rings (SSSR count). The molecule has 0 saturated carbocycles. The van der Waals surface area contributed by atoms with E-state index in [0.717, 1.165) is 16.8 Å². The molecule has 1 fully saturated rings. The minimum atomic E-state index is -3.48. The predicted molar refractivity (Wildman–Crippen MR) is 79.5 cm³/mol. The van der Waals surface area contributed by atoms with E-state index < -0.39 is 10.0 Å². The Labute approximate surface area is 120 Å². The average Bonchev–Trinajstić information content (AvgIpc) is 2.37. The van der Waals surface area contributed by atoms with Crippen LogP contribution in [0, 0.1) is 13.8 Å². The second kappa shape index (κ2) is 5.71. The number of aliphatic hydroxyl groups excluding tert-OH is 1. The third-order valence-corrected chi connectivity index (χ3v) is 5.98. The Kier molecular flexibility index (Phi) is 4.36. The zero-order valence-corrected chi connectivity index (χ0v) is 13.0. The highest BCUT2D eigenvalue weighted by molar-refractivity contribution is 7.89. The van der Waals surface area contributed by atoms with E-state index in [1.165, 1.54) is 4.31 Å². The maximum atomic E-state index is 12.8. The first-order chi connectivity index (χ1) is 9.36.